The van der Waals surface area contributed by atoms with Crippen LogP contribution in [0.2, 0.25) is 0 Å². The average molecular weight is 345 g/mol. The zero-order valence-electron chi connectivity index (χ0n) is 13.9. The summed E-state index contributed by atoms with van der Waals surface area (Å²) < 4.78 is 30.6. The van der Waals surface area contributed by atoms with Crippen LogP contribution in [0.25, 0.3) is 0 Å². The molecule has 6 heteroatoms. The fourth-order valence-corrected chi connectivity index (χ4v) is 2.51. The molecule has 25 heavy (non-hydrogen) atoms. The fraction of sp³-hybridized carbons (Fsp3) is 0.316. The molecule has 5 nitrogen and oxygen atoms in total. The van der Waals surface area contributed by atoms with Gasteiger partial charge in [-0.3, -0.25) is 4.79 Å². The predicted molar refractivity (Wildman–Crippen MR) is 90.5 cm³/mol. The number of benzene rings is 2. The molecule has 2 aromatic rings. The molecule has 0 aromatic heterocycles. The smallest absolute Gasteiger partial charge is 0.261 e. The number of fused-ring (bicyclic) bond motifs is 1. The van der Waals surface area contributed by atoms with Crippen molar-refractivity contribution < 1.29 is 23.4 Å². The summed E-state index contributed by atoms with van der Waals surface area (Å²) in [5.41, 5.74) is 0. The van der Waals surface area contributed by atoms with Gasteiger partial charge in [0.05, 0.1) is 6.54 Å². The lowest BCUT2D eigenvalue weighted by molar-refractivity contribution is -0.128. The van der Waals surface area contributed by atoms with Crippen molar-refractivity contribution in [3.63, 3.8) is 0 Å². The van der Waals surface area contributed by atoms with Crippen LogP contribution in [0.15, 0.2) is 48.5 Å². The highest BCUT2D eigenvalue weighted by molar-refractivity contribution is 5.81. The first-order valence-electron chi connectivity index (χ1n) is 8.24. The van der Waals surface area contributed by atoms with Crippen molar-refractivity contribution in [2.24, 2.45) is 0 Å². The summed E-state index contributed by atoms with van der Waals surface area (Å²) in [6, 6.07) is 13.4. The number of rotatable bonds is 6. The number of ether oxygens (including phenoxy) is 3. The minimum Gasteiger partial charge on any atom is -0.486 e. The second kappa shape index (κ2) is 7.88. The number of nitrogens with one attached hydrogen (secondary N) is 1. The molecule has 1 N–H and O–H groups in total. The van der Waals surface area contributed by atoms with Crippen LogP contribution in [0.5, 0.6) is 17.2 Å². The van der Waals surface area contributed by atoms with Gasteiger partial charge in [0.15, 0.2) is 29.2 Å². The summed E-state index contributed by atoms with van der Waals surface area (Å²) in [5.74, 6) is 0.611. The van der Waals surface area contributed by atoms with Gasteiger partial charge in [-0.05, 0) is 30.7 Å². The Hall–Kier alpha value is -2.76. The topological polar surface area (TPSA) is 56.8 Å². The molecular formula is C19H20FNO4. The molecule has 0 saturated heterocycles. The maximum Gasteiger partial charge on any atom is 0.261 e. The molecule has 0 radical (unpaired) electrons. The highest BCUT2D eigenvalue weighted by Crippen LogP contribution is 2.30. The fourth-order valence-electron chi connectivity index (χ4n) is 2.51. The molecule has 1 aliphatic heterocycles. The van der Waals surface area contributed by atoms with Crippen molar-refractivity contribution in [1.82, 2.24) is 5.32 Å². The molecule has 0 saturated carbocycles. The van der Waals surface area contributed by atoms with Crippen molar-refractivity contribution in [2.45, 2.75) is 25.6 Å². The average Bonchev–Trinajstić information content (AvgIpc) is 2.65. The van der Waals surface area contributed by atoms with Crippen molar-refractivity contribution in [2.75, 3.05) is 13.2 Å². The van der Waals surface area contributed by atoms with E-state index in [4.69, 9.17) is 14.2 Å². The van der Waals surface area contributed by atoms with Gasteiger partial charge in [0.2, 0.25) is 0 Å². The number of carbonyl (C=O) groups is 1. The third kappa shape index (κ3) is 4.21. The normalized spacial score (nSPS) is 16.8. The predicted octanol–water partition coefficient (Wildman–Crippen LogP) is 2.94. The van der Waals surface area contributed by atoms with Gasteiger partial charge in [-0.15, -0.1) is 0 Å². The van der Waals surface area contributed by atoms with Crippen LogP contribution in [0.3, 0.4) is 0 Å². The summed E-state index contributed by atoms with van der Waals surface area (Å²) in [5, 5.41) is 2.78. The molecule has 0 bridgehead atoms. The van der Waals surface area contributed by atoms with Crippen molar-refractivity contribution in [3.05, 3.63) is 54.3 Å². The molecule has 2 atom stereocenters. The second-order valence-corrected chi connectivity index (χ2v) is 5.69. The highest BCUT2D eigenvalue weighted by atomic mass is 19.1. The SMILES string of the molecule is CC[C@@H](Oc1ccccc1F)C(=O)NC[C@H]1COc2ccccc2O1. The molecule has 0 unspecified atom stereocenters. The third-order valence-electron chi connectivity index (χ3n) is 3.84. The minimum atomic E-state index is -0.770. The molecule has 2 aromatic carbocycles. The van der Waals surface area contributed by atoms with Gasteiger partial charge in [0.25, 0.3) is 5.91 Å². The van der Waals surface area contributed by atoms with E-state index < -0.39 is 11.9 Å². The van der Waals surface area contributed by atoms with Gasteiger partial charge in [-0.2, -0.15) is 0 Å². The Morgan fingerprint density at radius 2 is 1.96 bits per heavy atom. The lowest BCUT2D eigenvalue weighted by Crippen LogP contribution is -2.45. The van der Waals surface area contributed by atoms with E-state index in [2.05, 4.69) is 5.32 Å². The van der Waals surface area contributed by atoms with Gasteiger partial charge >= 0.3 is 0 Å². The first kappa shape index (κ1) is 17.1. The Morgan fingerprint density at radius 1 is 1.24 bits per heavy atom. The van der Waals surface area contributed by atoms with Gasteiger partial charge in [-0.25, -0.2) is 4.39 Å². The van der Waals surface area contributed by atoms with Crippen LogP contribution < -0.4 is 19.5 Å². The molecule has 3 rings (SSSR count). The van der Waals surface area contributed by atoms with E-state index in [9.17, 15) is 9.18 Å². The Balaban J connectivity index is 1.54. The maximum absolute atomic E-state index is 13.7. The number of amides is 1. The van der Waals surface area contributed by atoms with Crippen LogP contribution in [-0.2, 0) is 4.79 Å². The molecular weight excluding hydrogens is 325 g/mol. The van der Waals surface area contributed by atoms with E-state index in [1.165, 1.54) is 12.1 Å². The summed E-state index contributed by atoms with van der Waals surface area (Å²) in [6.45, 7) is 2.44. The van der Waals surface area contributed by atoms with Gasteiger partial charge in [0, 0.05) is 0 Å². The van der Waals surface area contributed by atoms with Crippen LogP contribution >= 0.6 is 0 Å². The Bertz CT molecular complexity index is 737. The molecule has 1 heterocycles. The molecule has 0 spiro atoms. The third-order valence-corrected chi connectivity index (χ3v) is 3.84. The largest absolute Gasteiger partial charge is 0.486 e. The monoisotopic (exact) mass is 345 g/mol. The number of hydrogen-bond acceptors (Lipinski definition) is 4. The number of hydrogen-bond donors (Lipinski definition) is 1. The first-order valence-corrected chi connectivity index (χ1v) is 8.24. The molecule has 0 fully saturated rings. The quantitative estimate of drug-likeness (QED) is 0.875. The molecule has 132 valence electrons. The molecule has 0 aliphatic carbocycles. The Labute approximate surface area is 145 Å². The first-order chi connectivity index (χ1) is 12.2. The number of para-hydroxylation sites is 3. The van der Waals surface area contributed by atoms with Crippen molar-refractivity contribution in [3.8, 4) is 17.2 Å². The minimum absolute atomic E-state index is 0.0654. The van der Waals surface area contributed by atoms with E-state index >= 15 is 0 Å². The summed E-state index contributed by atoms with van der Waals surface area (Å²) in [4.78, 5) is 12.3. The van der Waals surface area contributed by atoms with E-state index in [0.29, 0.717) is 24.5 Å². The van der Waals surface area contributed by atoms with Crippen LogP contribution in [-0.4, -0.2) is 31.3 Å². The van der Waals surface area contributed by atoms with Gasteiger partial charge in [0.1, 0.15) is 12.7 Å². The Morgan fingerprint density at radius 3 is 2.72 bits per heavy atom. The number of carbonyl (C=O) groups excluding carboxylic acids is 1. The van der Waals surface area contributed by atoms with E-state index in [-0.39, 0.29) is 24.3 Å². The van der Waals surface area contributed by atoms with Crippen molar-refractivity contribution in [1.29, 1.82) is 0 Å². The zero-order valence-corrected chi connectivity index (χ0v) is 13.9. The summed E-state index contributed by atoms with van der Waals surface area (Å²) in [6.07, 6.45) is -0.635. The van der Waals surface area contributed by atoms with Crippen LogP contribution in [0.4, 0.5) is 4.39 Å². The summed E-state index contributed by atoms with van der Waals surface area (Å²) >= 11 is 0. The Kier molecular flexibility index (Phi) is 5.38. The second-order valence-electron chi connectivity index (χ2n) is 5.69. The lowest BCUT2D eigenvalue weighted by atomic mass is 10.2. The standard InChI is InChI=1S/C19H20FNO4/c1-2-15(25-16-8-4-3-7-14(16)20)19(22)21-11-13-12-23-17-9-5-6-10-18(17)24-13/h3-10,13,15H,2,11-12H2,1H3,(H,21,22)/t13-,15+/m0/s1. The molecule has 1 amide bonds. The van der Waals surface area contributed by atoms with Crippen LogP contribution in [0.1, 0.15) is 13.3 Å². The highest BCUT2D eigenvalue weighted by Gasteiger charge is 2.24. The zero-order chi connectivity index (χ0) is 17.6. The van der Waals surface area contributed by atoms with Crippen molar-refractivity contribution >= 4 is 5.91 Å². The van der Waals surface area contributed by atoms with Crippen LogP contribution in [0, 0.1) is 5.82 Å². The van der Waals surface area contributed by atoms with E-state index in [1.54, 1.807) is 12.1 Å². The molecule has 1 aliphatic rings. The van der Waals surface area contributed by atoms with E-state index in [1.807, 2.05) is 31.2 Å². The van der Waals surface area contributed by atoms with Gasteiger partial charge < -0.3 is 19.5 Å². The van der Waals surface area contributed by atoms with E-state index in [0.717, 1.165) is 0 Å². The lowest BCUT2D eigenvalue weighted by Gasteiger charge is -2.27. The summed E-state index contributed by atoms with van der Waals surface area (Å²) in [7, 11) is 0. The van der Waals surface area contributed by atoms with Gasteiger partial charge in [-0.1, -0.05) is 31.2 Å². The maximum atomic E-state index is 13.7. The number of halogens is 1.